The van der Waals surface area contributed by atoms with E-state index >= 15 is 0 Å². The molecule has 0 saturated carbocycles. The molecule has 4 amide bonds. The zero-order valence-electron chi connectivity index (χ0n) is 31.4. The molecule has 0 bridgehead atoms. The summed E-state index contributed by atoms with van der Waals surface area (Å²) in [5, 5.41) is 31.1. The van der Waals surface area contributed by atoms with Crippen molar-refractivity contribution >= 4 is 52.0 Å². The quantitative estimate of drug-likeness (QED) is 0.140. The van der Waals surface area contributed by atoms with Gasteiger partial charge in [-0.3, -0.25) is 34.7 Å². The van der Waals surface area contributed by atoms with Gasteiger partial charge in [-0.1, -0.05) is 64.1 Å². The summed E-state index contributed by atoms with van der Waals surface area (Å²) in [6.45, 7) is 12.9. The van der Waals surface area contributed by atoms with Crippen LogP contribution in [-0.4, -0.2) is 83.8 Å². The fraction of sp³-hybridized carbons (Fsp3) is 0.325. The number of nitro groups is 2. The van der Waals surface area contributed by atoms with E-state index in [1.165, 1.54) is 42.0 Å². The average Bonchev–Trinajstić information content (AvgIpc) is 3.61. The van der Waals surface area contributed by atoms with Gasteiger partial charge in [0.2, 0.25) is 0 Å². The molecular weight excluding hydrogens is 704 g/mol. The highest BCUT2D eigenvalue weighted by atomic mass is 16.6. The molecule has 0 aromatic heterocycles. The summed E-state index contributed by atoms with van der Waals surface area (Å²) in [6.07, 6.45) is 0. The summed E-state index contributed by atoms with van der Waals surface area (Å²) >= 11 is 0. The number of nitrogens with one attached hydrogen (secondary N) is 3. The van der Waals surface area contributed by atoms with E-state index in [4.69, 9.17) is 0 Å². The van der Waals surface area contributed by atoms with Crippen LogP contribution in [0.4, 0.5) is 38.9 Å². The molecule has 3 heterocycles. The summed E-state index contributed by atoms with van der Waals surface area (Å²) in [5.74, 6) is -1.05. The SMILES string of the molecule is CC1(C)CNc2cc(NC(=O)c3ccccc3[N+](=O)[O-])ccc21.CN1CCN(C(=O)N2CC(C)(C)c3ccc(NC(=O)c4ccccc4[N+](=O)[O-])cc32)CC1. The van der Waals surface area contributed by atoms with Crippen molar-refractivity contribution in [2.24, 2.45) is 0 Å². The predicted molar refractivity (Wildman–Crippen MR) is 211 cm³/mol. The highest BCUT2D eigenvalue weighted by Gasteiger charge is 2.40. The molecule has 7 rings (SSSR count). The third-order valence-corrected chi connectivity index (χ3v) is 10.3. The predicted octanol–water partition coefficient (Wildman–Crippen LogP) is 6.86. The van der Waals surface area contributed by atoms with Gasteiger partial charge < -0.3 is 25.8 Å². The lowest BCUT2D eigenvalue weighted by atomic mass is 9.87. The van der Waals surface area contributed by atoms with E-state index in [0.29, 0.717) is 31.0 Å². The number of nitrogens with zero attached hydrogens (tertiary/aromatic N) is 5. The van der Waals surface area contributed by atoms with Gasteiger partial charge in [-0.2, -0.15) is 0 Å². The van der Waals surface area contributed by atoms with Crippen LogP contribution >= 0.6 is 0 Å². The van der Waals surface area contributed by atoms with Gasteiger partial charge in [0.15, 0.2) is 0 Å². The topological polar surface area (TPSA) is 183 Å². The second-order valence-corrected chi connectivity index (χ2v) is 15.2. The zero-order valence-corrected chi connectivity index (χ0v) is 31.4. The van der Waals surface area contributed by atoms with Crippen LogP contribution in [0, 0.1) is 20.2 Å². The van der Waals surface area contributed by atoms with Crippen LogP contribution < -0.4 is 20.9 Å². The summed E-state index contributed by atoms with van der Waals surface area (Å²) in [6, 6.07) is 22.8. The Bertz CT molecular complexity index is 2180. The molecule has 1 fully saturated rings. The van der Waals surface area contributed by atoms with Crippen LogP contribution in [0.5, 0.6) is 0 Å². The molecule has 0 spiro atoms. The number of carbonyl (C=O) groups is 3. The van der Waals surface area contributed by atoms with E-state index in [2.05, 4.69) is 48.5 Å². The van der Waals surface area contributed by atoms with E-state index < -0.39 is 21.7 Å². The lowest BCUT2D eigenvalue weighted by molar-refractivity contribution is -0.385. The molecule has 15 nitrogen and oxygen atoms in total. The van der Waals surface area contributed by atoms with Crippen LogP contribution in [0.3, 0.4) is 0 Å². The van der Waals surface area contributed by atoms with Crippen molar-refractivity contribution in [1.82, 2.24) is 9.80 Å². The standard InChI is InChI=1S/C23H27N5O4.C17H17N3O3/c1-23(2)15-27(22(30)26-12-10-25(3)11-13-26)20-14-16(8-9-18(20)23)24-21(29)17-6-4-5-7-19(17)28(31)32;1-17(2)10-18-14-9-11(7-8-13(14)17)19-16(21)12-5-3-4-6-15(12)20(22)23/h4-9,14H,10-13,15H2,1-3H3,(H,24,29);3-9,18H,10H2,1-2H3,(H,19,21). The molecule has 0 unspecified atom stereocenters. The number of urea groups is 1. The Hall–Kier alpha value is -6.35. The molecular formula is C40H44N8O7. The van der Waals surface area contributed by atoms with Crippen LogP contribution in [0.25, 0.3) is 0 Å². The van der Waals surface area contributed by atoms with Crippen LogP contribution in [0.15, 0.2) is 84.9 Å². The largest absolute Gasteiger partial charge is 0.384 e. The first-order valence-corrected chi connectivity index (χ1v) is 17.9. The molecule has 15 heteroatoms. The molecule has 0 radical (unpaired) electrons. The van der Waals surface area contributed by atoms with Gasteiger partial charge in [0, 0.05) is 79.3 Å². The Morgan fingerprint density at radius 3 is 1.75 bits per heavy atom. The van der Waals surface area contributed by atoms with E-state index in [1.807, 2.05) is 36.2 Å². The van der Waals surface area contributed by atoms with E-state index in [1.54, 1.807) is 29.2 Å². The number of nitro benzene ring substituents is 2. The van der Waals surface area contributed by atoms with E-state index in [0.717, 1.165) is 36.6 Å². The zero-order chi connectivity index (χ0) is 39.7. The number of fused-ring (bicyclic) bond motifs is 2. The summed E-state index contributed by atoms with van der Waals surface area (Å²) in [7, 11) is 2.04. The Morgan fingerprint density at radius 2 is 1.20 bits per heavy atom. The molecule has 1 saturated heterocycles. The smallest absolute Gasteiger partial charge is 0.324 e. The Labute approximate surface area is 318 Å². The molecule has 3 aliphatic rings. The molecule has 3 aliphatic heterocycles. The Balaban J connectivity index is 0.000000197. The van der Waals surface area contributed by atoms with Gasteiger partial charge in [-0.25, -0.2) is 4.79 Å². The van der Waals surface area contributed by atoms with E-state index in [-0.39, 0.29) is 39.4 Å². The van der Waals surface area contributed by atoms with Crippen molar-refractivity contribution in [3.63, 3.8) is 0 Å². The van der Waals surface area contributed by atoms with Gasteiger partial charge >= 0.3 is 6.03 Å². The maximum Gasteiger partial charge on any atom is 0.324 e. The minimum absolute atomic E-state index is 0.0105. The molecule has 55 heavy (non-hydrogen) atoms. The number of hydrogen-bond acceptors (Lipinski definition) is 9. The number of likely N-dealkylation sites (N-methyl/N-ethyl adjacent to an activating group) is 1. The highest BCUT2D eigenvalue weighted by Crippen LogP contribution is 2.43. The fourth-order valence-electron chi connectivity index (χ4n) is 7.13. The molecule has 0 atom stereocenters. The van der Waals surface area contributed by atoms with Gasteiger partial charge in [0.1, 0.15) is 11.1 Å². The van der Waals surface area contributed by atoms with Gasteiger partial charge in [0.05, 0.1) is 15.5 Å². The summed E-state index contributed by atoms with van der Waals surface area (Å²) in [4.78, 5) is 65.4. The first-order valence-electron chi connectivity index (χ1n) is 17.9. The normalized spacial score (nSPS) is 16.5. The summed E-state index contributed by atoms with van der Waals surface area (Å²) < 4.78 is 0. The lowest BCUT2D eigenvalue weighted by Gasteiger charge is -2.35. The number of benzene rings is 4. The average molecular weight is 749 g/mol. The number of anilines is 4. The molecule has 286 valence electrons. The van der Waals surface area contributed by atoms with Crippen LogP contribution in [0.2, 0.25) is 0 Å². The number of rotatable bonds is 6. The maximum atomic E-state index is 13.3. The first-order chi connectivity index (χ1) is 26.1. The third-order valence-electron chi connectivity index (χ3n) is 10.3. The minimum Gasteiger partial charge on any atom is -0.384 e. The Morgan fingerprint density at radius 1 is 0.691 bits per heavy atom. The molecule has 0 aliphatic carbocycles. The fourth-order valence-corrected chi connectivity index (χ4v) is 7.13. The van der Waals surface area contributed by atoms with Crippen molar-refractivity contribution in [3.05, 3.63) is 127 Å². The maximum absolute atomic E-state index is 13.3. The molecule has 4 aromatic carbocycles. The molecule has 3 N–H and O–H groups in total. The van der Waals surface area contributed by atoms with E-state index in [9.17, 15) is 34.6 Å². The van der Waals surface area contributed by atoms with Crippen molar-refractivity contribution in [1.29, 1.82) is 0 Å². The molecule has 4 aromatic rings. The highest BCUT2D eigenvalue weighted by molar-refractivity contribution is 6.08. The second kappa shape index (κ2) is 15.2. The first kappa shape index (κ1) is 38.4. The van der Waals surface area contributed by atoms with Crippen LogP contribution in [-0.2, 0) is 10.8 Å². The number of carbonyl (C=O) groups excluding carboxylic acids is 3. The Kier molecular flexibility index (Phi) is 10.6. The number of hydrogen-bond donors (Lipinski definition) is 3. The minimum atomic E-state index is -0.573. The van der Waals surface area contributed by atoms with Gasteiger partial charge in [-0.05, 0) is 54.6 Å². The third kappa shape index (κ3) is 8.11. The van der Waals surface area contributed by atoms with Gasteiger partial charge in [0.25, 0.3) is 23.2 Å². The number of amides is 4. The van der Waals surface area contributed by atoms with Crippen molar-refractivity contribution in [3.8, 4) is 0 Å². The van der Waals surface area contributed by atoms with Crippen molar-refractivity contribution < 1.29 is 24.2 Å². The van der Waals surface area contributed by atoms with Crippen LogP contribution in [0.1, 0.15) is 59.5 Å². The lowest BCUT2D eigenvalue weighted by Crippen LogP contribution is -2.52. The second-order valence-electron chi connectivity index (χ2n) is 15.2. The van der Waals surface area contributed by atoms with Crippen molar-refractivity contribution in [2.45, 2.75) is 38.5 Å². The number of piperazine rings is 1. The van der Waals surface area contributed by atoms with Crippen molar-refractivity contribution in [2.75, 3.05) is 67.2 Å². The summed E-state index contributed by atoms with van der Waals surface area (Å²) in [5.41, 5.74) is 4.48. The number of para-hydroxylation sites is 2. The van der Waals surface area contributed by atoms with Gasteiger partial charge in [-0.15, -0.1) is 0 Å². The monoisotopic (exact) mass is 748 g/mol.